The lowest BCUT2D eigenvalue weighted by molar-refractivity contribution is 0.496. The van der Waals surface area contributed by atoms with Gasteiger partial charge in [-0.2, -0.15) is 4.98 Å². The number of aromatic nitrogens is 3. The Labute approximate surface area is 121 Å². The van der Waals surface area contributed by atoms with Gasteiger partial charge in [0.05, 0.1) is 5.56 Å². The zero-order chi connectivity index (χ0) is 15.0. The normalized spacial score (nSPS) is 16.5. The highest BCUT2D eigenvalue weighted by atomic mass is 19.1. The molecule has 0 saturated carbocycles. The van der Waals surface area contributed by atoms with Crippen LogP contribution in [0.4, 0.5) is 14.7 Å². The summed E-state index contributed by atoms with van der Waals surface area (Å²) in [6.07, 6.45) is 1.72. The van der Waals surface area contributed by atoms with E-state index in [0.29, 0.717) is 11.5 Å². The number of hydrogen-bond acceptors (Lipinski definition) is 4. The molecule has 5 nitrogen and oxygen atoms in total. The molecule has 7 heteroatoms. The van der Waals surface area contributed by atoms with Gasteiger partial charge in [0.15, 0.2) is 5.82 Å². The van der Waals surface area contributed by atoms with Gasteiger partial charge in [-0.25, -0.2) is 8.78 Å². The molecule has 21 heavy (non-hydrogen) atoms. The first-order valence-electron chi connectivity index (χ1n) is 6.94. The van der Waals surface area contributed by atoms with Crippen LogP contribution in [-0.4, -0.2) is 34.3 Å². The SMILES string of the molecule is Cc1ccc(F)c(-c2nc(N3CCC(N)CC3)n[nH]2)c1F. The summed E-state index contributed by atoms with van der Waals surface area (Å²) < 4.78 is 28.0. The second kappa shape index (κ2) is 5.40. The van der Waals surface area contributed by atoms with Crippen molar-refractivity contribution >= 4 is 5.95 Å². The Morgan fingerprint density at radius 3 is 2.71 bits per heavy atom. The number of hydrogen-bond donors (Lipinski definition) is 2. The molecule has 0 radical (unpaired) electrons. The first-order valence-corrected chi connectivity index (χ1v) is 6.94. The smallest absolute Gasteiger partial charge is 0.245 e. The van der Waals surface area contributed by atoms with Crippen molar-refractivity contribution in [2.24, 2.45) is 5.73 Å². The van der Waals surface area contributed by atoms with E-state index in [1.807, 2.05) is 4.90 Å². The van der Waals surface area contributed by atoms with E-state index in [1.54, 1.807) is 6.92 Å². The molecule has 0 bridgehead atoms. The van der Waals surface area contributed by atoms with Crippen molar-refractivity contribution in [1.29, 1.82) is 0 Å². The molecule has 0 atom stereocenters. The van der Waals surface area contributed by atoms with Crippen molar-refractivity contribution in [3.05, 3.63) is 29.3 Å². The van der Waals surface area contributed by atoms with E-state index in [0.717, 1.165) is 25.9 Å². The highest BCUT2D eigenvalue weighted by Crippen LogP contribution is 2.26. The number of nitrogens with two attached hydrogens (primary N) is 1. The van der Waals surface area contributed by atoms with Gasteiger partial charge >= 0.3 is 0 Å². The Morgan fingerprint density at radius 2 is 2.00 bits per heavy atom. The number of benzene rings is 1. The Hall–Kier alpha value is -2.02. The Kier molecular flexibility index (Phi) is 3.59. The number of H-pyrrole nitrogens is 1. The van der Waals surface area contributed by atoms with Gasteiger partial charge in [0, 0.05) is 19.1 Å². The lowest BCUT2D eigenvalue weighted by Crippen LogP contribution is -2.40. The molecule has 1 aliphatic rings. The molecule has 3 rings (SSSR count). The van der Waals surface area contributed by atoms with Gasteiger partial charge in [0.1, 0.15) is 11.6 Å². The Morgan fingerprint density at radius 1 is 1.29 bits per heavy atom. The Bertz CT molecular complexity index is 647. The third-order valence-corrected chi connectivity index (χ3v) is 3.82. The minimum atomic E-state index is -0.651. The molecule has 1 saturated heterocycles. The van der Waals surface area contributed by atoms with Crippen LogP contribution in [0.1, 0.15) is 18.4 Å². The minimum absolute atomic E-state index is 0.110. The molecule has 1 aromatic heterocycles. The topological polar surface area (TPSA) is 70.8 Å². The van der Waals surface area contributed by atoms with Crippen molar-refractivity contribution in [2.45, 2.75) is 25.8 Å². The third-order valence-electron chi connectivity index (χ3n) is 3.82. The average molecular weight is 293 g/mol. The summed E-state index contributed by atoms with van der Waals surface area (Å²) in [6.45, 7) is 3.08. The average Bonchev–Trinajstić information content (AvgIpc) is 2.94. The molecular formula is C14H17F2N5. The van der Waals surface area contributed by atoms with Crippen LogP contribution >= 0.6 is 0 Å². The fourth-order valence-electron chi connectivity index (χ4n) is 2.48. The van der Waals surface area contributed by atoms with Gasteiger partial charge in [0.2, 0.25) is 5.95 Å². The van der Waals surface area contributed by atoms with Crippen molar-refractivity contribution < 1.29 is 8.78 Å². The number of piperidine rings is 1. The lowest BCUT2D eigenvalue weighted by atomic mass is 10.1. The molecular weight excluding hydrogens is 276 g/mol. The first kappa shape index (κ1) is 13.9. The van der Waals surface area contributed by atoms with Crippen LogP contribution in [0.25, 0.3) is 11.4 Å². The van der Waals surface area contributed by atoms with Crippen molar-refractivity contribution in [3.8, 4) is 11.4 Å². The summed E-state index contributed by atoms with van der Waals surface area (Å²) in [5.41, 5.74) is 6.06. The van der Waals surface area contributed by atoms with Crippen LogP contribution < -0.4 is 10.6 Å². The molecule has 0 amide bonds. The lowest BCUT2D eigenvalue weighted by Gasteiger charge is -2.28. The van der Waals surface area contributed by atoms with Crippen LogP contribution in [-0.2, 0) is 0 Å². The number of rotatable bonds is 2. The maximum Gasteiger partial charge on any atom is 0.245 e. The second-order valence-corrected chi connectivity index (χ2v) is 5.36. The van der Waals surface area contributed by atoms with E-state index in [2.05, 4.69) is 15.2 Å². The number of anilines is 1. The molecule has 0 spiro atoms. The highest BCUT2D eigenvalue weighted by Gasteiger charge is 2.22. The number of halogens is 2. The molecule has 3 N–H and O–H groups in total. The molecule has 1 aliphatic heterocycles. The summed E-state index contributed by atoms with van der Waals surface area (Å²) in [7, 11) is 0. The van der Waals surface area contributed by atoms with Gasteiger partial charge in [-0.05, 0) is 31.4 Å². The largest absolute Gasteiger partial charge is 0.339 e. The third kappa shape index (κ3) is 2.61. The van der Waals surface area contributed by atoms with Crippen molar-refractivity contribution in [3.63, 3.8) is 0 Å². The van der Waals surface area contributed by atoms with Gasteiger partial charge in [-0.15, -0.1) is 5.10 Å². The molecule has 2 aromatic rings. The van der Waals surface area contributed by atoms with Crippen LogP contribution in [0.3, 0.4) is 0 Å². The summed E-state index contributed by atoms with van der Waals surface area (Å²) in [4.78, 5) is 6.20. The fourth-order valence-corrected chi connectivity index (χ4v) is 2.48. The molecule has 112 valence electrons. The number of nitrogens with zero attached hydrogens (tertiary/aromatic N) is 3. The summed E-state index contributed by atoms with van der Waals surface area (Å²) in [5, 5.41) is 6.69. The van der Waals surface area contributed by atoms with E-state index >= 15 is 0 Å². The van der Waals surface area contributed by atoms with E-state index in [4.69, 9.17) is 5.73 Å². The Balaban J connectivity index is 1.90. The van der Waals surface area contributed by atoms with E-state index in [-0.39, 0.29) is 17.4 Å². The summed E-state index contributed by atoms with van der Waals surface area (Å²) >= 11 is 0. The van der Waals surface area contributed by atoms with Gasteiger partial charge in [0.25, 0.3) is 0 Å². The van der Waals surface area contributed by atoms with Gasteiger partial charge < -0.3 is 10.6 Å². The summed E-state index contributed by atoms with van der Waals surface area (Å²) in [6, 6.07) is 2.83. The first-order chi connectivity index (χ1) is 10.1. The standard InChI is InChI=1S/C14H17F2N5/c1-8-2-3-10(15)11(12(8)16)13-18-14(20-19-13)21-6-4-9(17)5-7-21/h2-3,9H,4-7,17H2,1H3,(H,18,19,20). The quantitative estimate of drug-likeness (QED) is 0.888. The van der Waals surface area contributed by atoms with Crippen LogP contribution in [0, 0.1) is 18.6 Å². The molecule has 1 aromatic carbocycles. The van der Waals surface area contributed by atoms with Crippen molar-refractivity contribution in [1.82, 2.24) is 15.2 Å². The molecule has 0 unspecified atom stereocenters. The number of nitrogens with one attached hydrogen (secondary N) is 1. The van der Waals surface area contributed by atoms with Gasteiger partial charge in [-0.1, -0.05) is 6.07 Å². The van der Waals surface area contributed by atoms with Crippen molar-refractivity contribution in [2.75, 3.05) is 18.0 Å². The number of aromatic amines is 1. The maximum absolute atomic E-state index is 14.1. The highest BCUT2D eigenvalue weighted by molar-refractivity contribution is 5.59. The molecule has 0 aliphatic carbocycles. The summed E-state index contributed by atoms with van der Waals surface area (Å²) in [5.74, 6) is -0.699. The number of aryl methyl sites for hydroxylation is 1. The zero-order valence-electron chi connectivity index (χ0n) is 11.7. The van der Waals surface area contributed by atoms with Crippen LogP contribution in [0.2, 0.25) is 0 Å². The van der Waals surface area contributed by atoms with Gasteiger partial charge in [-0.3, -0.25) is 5.10 Å². The van der Waals surface area contributed by atoms with Crippen LogP contribution in [0.5, 0.6) is 0 Å². The zero-order valence-corrected chi connectivity index (χ0v) is 11.7. The van der Waals surface area contributed by atoms with Crippen LogP contribution in [0.15, 0.2) is 12.1 Å². The fraction of sp³-hybridized carbons (Fsp3) is 0.429. The molecule has 2 heterocycles. The predicted molar refractivity (Wildman–Crippen MR) is 75.9 cm³/mol. The second-order valence-electron chi connectivity index (χ2n) is 5.36. The van der Waals surface area contributed by atoms with E-state index in [1.165, 1.54) is 12.1 Å². The van der Waals surface area contributed by atoms with E-state index < -0.39 is 11.6 Å². The van der Waals surface area contributed by atoms with E-state index in [9.17, 15) is 8.78 Å². The molecule has 1 fully saturated rings. The monoisotopic (exact) mass is 293 g/mol. The maximum atomic E-state index is 14.1. The predicted octanol–water partition coefficient (Wildman–Crippen LogP) is 1.99. The minimum Gasteiger partial charge on any atom is -0.339 e.